The van der Waals surface area contributed by atoms with Crippen molar-refractivity contribution in [1.29, 1.82) is 0 Å². The fraction of sp³-hybridized carbons (Fsp3) is 0.167. The molecule has 0 spiro atoms. The number of rotatable bonds is 13. The first-order valence-electron chi connectivity index (χ1n) is 13.1. The standard InChI is InChI=1S/C30H30ClN3O9S2/c1-40-23-11-15-27(41-2)26(17-23)33-44(36,37)24-12-7-21(8-13-24)32-30(35)19-34(22-9-5-20(31)6-10-22)45(38,39)25-14-16-28(42-3)29(18-25)43-4/h5-18,33H,19H2,1-4H3,(H,32,35). The Balaban J connectivity index is 1.56. The molecule has 45 heavy (non-hydrogen) atoms. The number of benzene rings is 4. The largest absolute Gasteiger partial charge is 0.497 e. The van der Waals surface area contributed by atoms with E-state index >= 15 is 0 Å². The minimum atomic E-state index is -4.29. The Labute approximate surface area is 266 Å². The van der Waals surface area contributed by atoms with E-state index in [1.54, 1.807) is 12.1 Å². The molecular weight excluding hydrogens is 646 g/mol. The summed E-state index contributed by atoms with van der Waals surface area (Å²) in [6.45, 7) is -0.616. The number of ether oxygens (including phenoxy) is 4. The van der Waals surface area contributed by atoms with Gasteiger partial charge in [-0.25, -0.2) is 16.8 Å². The van der Waals surface area contributed by atoms with Gasteiger partial charge in [0.05, 0.1) is 49.6 Å². The van der Waals surface area contributed by atoms with E-state index < -0.39 is 32.5 Å². The molecule has 0 aromatic heterocycles. The molecule has 0 aliphatic rings. The van der Waals surface area contributed by atoms with Crippen molar-refractivity contribution in [3.05, 3.63) is 90.0 Å². The highest BCUT2D eigenvalue weighted by Crippen LogP contribution is 2.33. The molecular formula is C30H30ClN3O9S2. The number of methoxy groups -OCH3 is 4. The molecule has 0 aliphatic carbocycles. The summed E-state index contributed by atoms with van der Waals surface area (Å²) in [5.41, 5.74) is 0.592. The fourth-order valence-electron chi connectivity index (χ4n) is 4.17. The van der Waals surface area contributed by atoms with Crippen LogP contribution < -0.4 is 33.3 Å². The summed E-state index contributed by atoms with van der Waals surface area (Å²) in [4.78, 5) is 12.9. The van der Waals surface area contributed by atoms with E-state index in [0.717, 1.165) is 4.31 Å². The number of carbonyl (C=O) groups excluding carboxylic acids is 1. The smallest absolute Gasteiger partial charge is 0.264 e. The third-order valence-electron chi connectivity index (χ3n) is 6.44. The zero-order valence-corrected chi connectivity index (χ0v) is 27.0. The van der Waals surface area contributed by atoms with Gasteiger partial charge in [0.2, 0.25) is 5.91 Å². The van der Waals surface area contributed by atoms with Crippen LogP contribution in [0.2, 0.25) is 5.02 Å². The quantitative estimate of drug-likeness (QED) is 0.199. The molecule has 4 aromatic rings. The highest BCUT2D eigenvalue weighted by molar-refractivity contribution is 7.93. The van der Waals surface area contributed by atoms with Crippen LogP contribution in [0.5, 0.6) is 23.0 Å². The summed E-state index contributed by atoms with van der Waals surface area (Å²) in [6.07, 6.45) is 0. The average Bonchev–Trinajstić information content (AvgIpc) is 3.03. The number of amides is 1. The summed E-state index contributed by atoms with van der Waals surface area (Å²) in [6, 6.07) is 20.0. The molecule has 4 aromatic carbocycles. The molecule has 0 radical (unpaired) electrons. The lowest BCUT2D eigenvalue weighted by atomic mass is 10.3. The molecule has 238 valence electrons. The fourth-order valence-corrected chi connectivity index (χ4v) is 6.80. The molecule has 0 heterocycles. The molecule has 0 saturated heterocycles. The van der Waals surface area contributed by atoms with Gasteiger partial charge in [-0.2, -0.15) is 0 Å². The lowest BCUT2D eigenvalue weighted by Gasteiger charge is -2.24. The molecule has 0 saturated carbocycles. The topological polar surface area (TPSA) is 150 Å². The van der Waals surface area contributed by atoms with Crippen LogP contribution in [0.4, 0.5) is 17.1 Å². The summed E-state index contributed by atoms with van der Waals surface area (Å²) in [5, 5.41) is 2.99. The van der Waals surface area contributed by atoms with Crippen LogP contribution >= 0.6 is 11.6 Å². The molecule has 2 N–H and O–H groups in total. The number of sulfonamides is 2. The maximum Gasteiger partial charge on any atom is 0.264 e. The van der Waals surface area contributed by atoms with Crippen molar-refractivity contribution in [3.8, 4) is 23.0 Å². The number of nitrogens with one attached hydrogen (secondary N) is 2. The Bertz CT molecular complexity index is 1890. The van der Waals surface area contributed by atoms with Crippen molar-refractivity contribution in [3.63, 3.8) is 0 Å². The van der Waals surface area contributed by atoms with Gasteiger partial charge in [-0.05, 0) is 72.8 Å². The molecule has 0 bridgehead atoms. The first kappa shape index (κ1) is 33.2. The summed E-state index contributed by atoms with van der Waals surface area (Å²) in [5.74, 6) is 0.539. The Morgan fingerprint density at radius 3 is 1.91 bits per heavy atom. The first-order chi connectivity index (χ1) is 21.4. The van der Waals surface area contributed by atoms with Crippen molar-refractivity contribution in [1.82, 2.24) is 0 Å². The third kappa shape index (κ3) is 7.71. The summed E-state index contributed by atoms with van der Waals surface area (Å²) >= 11 is 6.02. The molecule has 0 atom stereocenters. The van der Waals surface area contributed by atoms with Crippen molar-refractivity contribution in [2.75, 3.05) is 49.3 Å². The maximum atomic E-state index is 13.8. The average molecular weight is 676 g/mol. The van der Waals surface area contributed by atoms with Gasteiger partial charge in [0.15, 0.2) is 11.5 Å². The van der Waals surface area contributed by atoms with E-state index in [0.29, 0.717) is 16.5 Å². The van der Waals surface area contributed by atoms with Crippen LogP contribution in [0.25, 0.3) is 0 Å². The van der Waals surface area contributed by atoms with E-state index in [1.807, 2.05) is 0 Å². The highest BCUT2D eigenvalue weighted by atomic mass is 35.5. The van der Waals surface area contributed by atoms with E-state index in [9.17, 15) is 21.6 Å². The Morgan fingerprint density at radius 2 is 1.31 bits per heavy atom. The van der Waals surface area contributed by atoms with Crippen LogP contribution in [-0.2, 0) is 24.8 Å². The minimum absolute atomic E-state index is 0.0933. The number of carbonyl (C=O) groups is 1. The summed E-state index contributed by atoms with van der Waals surface area (Å²) in [7, 11) is -2.68. The zero-order valence-electron chi connectivity index (χ0n) is 24.6. The SMILES string of the molecule is COc1ccc(OC)c(NS(=O)(=O)c2ccc(NC(=O)CN(c3ccc(Cl)cc3)S(=O)(=O)c3ccc(OC)c(OC)c3)cc2)c1. The normalized spacial score (nSPS) is 11.3. The molecule has 4 rings (SSSR count). The van der Waals surface area contributed by atoms with E-state index in [-0.39, 0.29) is 38.4 Å². The number of nitrogens with zero attached hydrogens (tertiary/aromatic N) is 1. The van der Waals surface area contributed by atoms with Crippen LogP contribution in [-0.4, -0.2) is 57.7 Å². The molecule has 1 amide bonds. The Kier molecular flexibility index (Phi) is 10.3. The van der Waals surface area contributed by atoms with Gasteiger partial charge in [0.1, 0.15) is 18.0 Å². The highest BCUT2D eigenvalue weighted by Gasteiger charge is 2.28. The summed E-state index contributed by atoms with van der Waals surface area (Å²) < 4.78 is 78.0. The third-order valence-corrected chi connectivity index (χ3v) is 9.85. The lowest BCUT2D eigenvalue weighted by molar-refractivity contribution is -0.114. The van der Waals surface area contributed by atoms with Crippen molar-refractivity contribution >= 4 is 54.6 Å². The Hall–Kier alpha value is -4.66. The second-order valence-electron chi connectivity index (χ2n) is 9.25. The van der Waals surface area contributed by atoms with Crippen LogP contribution in [0, 0.1) is 0 Å². The number of halogens is 1. The van der Waals surface area contributed by atoms with Crippen LogP contribution in [0.1, 0.15) is 0 Å². The van der Waals surface area contributed by atoms with Crippen LogP contribution in [0.3, 0.4) is 0 Å². The van der Waals surface area contributed by atoms with Crippen molar-refractivity contribution < 1.29 is 40.6 Å². The van der Waals surface area contributed by atoms with E-state index in [4.69, 9.17) is 30.5 Å². The predicted molar refractivity (Wildman–Crippen MR) is 171 cm³/mol. The van der Waals surface area contributed by atoms with Crippen molar-refractivity contribution in [2.24, 2.45) is 0 Å². The van der Waals surface area contributed by atoms with Crippen molar-refractivity contribution in [2.45, 2.75) is 9.79 Å². The number of hydrogen-bond acceptors (Lipinski definition) is 9. The second-order valence-corrected chi connectivity index (χ2v) is 13.2. The monoisotopic (exact) mass is 675 g/mol. The van der Waals surface area contributed by atoms with Gasteiger partial charge in [-0.15, -0.1) is 0 Å². The maximum absolute atomic E-state index is 13.8. The minimum Gasteiger partial charge on any atom is -0.497 e. The van der Waals surface area contributed by atoms with Gasteiger partial charge >= 0.3 is 0 Å². The molecule has 12 nitrogen and oxygen atoms in total. The number of anilines is 3. The second kappa shape index (κ2) is 14.0. The molecule has 0 unspecified atom stereocenters. The zero-order chi connectivity index (χ0) is 32.8. The van der Waals surface area contributed by atoms with E-state index in [1.165, 1.54) is 101 Å². The molecule has 15 heteroatoms. The van der Waals surface area contributed by atoms with Gasteiger partial charge in [-0.1, -0.05) is 11.6 Å². The molecule has 0 aliphatic heterocycles. The van der Waals surface area contributed by atoms with E-state index in [2.05, 4.69) is 10.0 Å². The van der Waals surface area contributed by atoms with Gasteiger partial charge in [0, 0.05) is 22.8 Å². The number of hydrogen-bond donors (Lipinski definition) is 2. The molecule has 0 fully saturated rings. The van der Waals surface area contributed by atoms with Gasteiger partial charge in [-0.3, -0.25) is 13.8 Å². The predicted octanol–water partition coefficient (Wildman–Crippen LogP) is 5.01. The Morgan fingerprint density at radius 1 is 0.711 bits per heavy atom. The van der Waals surface area contributed by atoms with Gasteiger partial charge < -0.3 is 24.3 Å². The van der Waals surface area contributed by atoms with Crippen LogP contribution in [0.15, 0.2) is 94.7 Å². The lowest BCUT2D eigenvalue weighted by Crippen LogP contribution is -2.38. The van der Waals surface area contributed by atoms with Gasteiger partial charge in [0.25, 0.3) is 20.0 Å². The first-order valence-corrected chi connectivity index (χ1v) is 16.4.